The molecule has 0 aliphatic carbocycles. The van der Waals surface area contributed by atoms with Crippen LogP contribution in [0.2, 0.25) is 0 Å². The molecule has 0 bridgehead atoms. The first-order valence-electron chi connectivity index (χ1n) is 9.46. The van der Waals surface area contributed by atoms with Crippen molar-refractivity contribution in [2.24, 2.45) is 5.92 Å². The summed E-state index contributed by atoms with van der Waals surface area (Å²) in [6.45, 7) is 6.41. The molecule has 7 heteroatoms. The van der Waals surface area contributed by atoms with Crippen LogP contribution in [0.1, 0.15) is 25.7 Å². The molecule has 132 valence electrons. The average Bonchev–Trinajstić information content (AvgIpc) is 3.24. The first-order chi connectivity index (χ1) is 11.3. The molecular formula is C16H33N5O2+2. The summed E-state index contributed by atoms with van der Waals surface area (Å²) >= 11 is 0. The van der Waals surface area contributed by atoms with E-state index in [-0.39, 0.29) is 6.23 Å². The number of nitrogens with one attached hydrogen (secondary N) is 3. The Labute approximate surface area is 139 Å². The maximum atomic E-state index is 5.93. The van der Waals surface area contributed by atoms with Crippen LogP contribution in [0, 0.1) is 5.92 Å². The van der Waals surface area contributed by atoms with Gasteiger partial charge in [-0.3, -0.25) is 10.2 Å². The zero-order valence-electron chi connectivity index (χ0n) is 14.3. The number of piperidine rings is 1. The molecule has 5 unspecified atom stereocenters. The van der Waals surface area contributed by atoms with Gasteiger partial charge in [0.25, 0.3) is 0 Å². The lowest BCUT2D eigenvalue weighted by Gasteiger charge is -2.38. The third kappa shape index (κ3) is 3.56. The Morgan fingerprint density at radius 3 is 2.87 bits per heavy atom. The van der Waals surface area contributed by atoms with Gasteiger partial charge in [0.2, 0.25) is 0 Å². The molecule has 0 radical (unpaired) electrons. The van der Waals surface area contributed by atoms with Crippen LogP contribution in [0.25, 0.3) is 0 Å². The Morgan fingerprint density at radius 1 is 1.22 bits per heavy atom. The summed E-state index contributed by atoms with van der Waals surface area (Å²) in [6, 6.07) is 0.595. The number of likely N-dealkylation sites (N-methyl/N-ethyl adjacent to an activating group) is 1. The summed E-state index contributed by atoms with van der Waals surface area (Å²) in [4.78, 5) is 10.1. The van der Waals surface area contributed by atoms with E-state index in [9.17, 15) is 0 Å². The highest BCUT2D eigenvalue weighted by Crippen LogP contribution is 2.22. The van der Waals surface area contributed by atoms with Gasteiger partial charge in [-0.25, -0.2) is 4.90 Å². The number of rotatable bonds is 3. The molecule has 5 N–H and O–H groups in total. The molecule has 4 saturated heterocycles. The molecule has 23 heavy (non-hydrogen) atoms. The topological polar surface area (TPSA) is 66.8 Å². The predicted octanol–water partition coefficient (Wildman–Crippen LogP) is -2.93. The number of nitrogens with two attached hydrogens (primary N) is 1. The van der Waals surface area contributed by atoms with Gasteiger partial charge in [0.05, 0.1) is 39.5 Å². The minimum atomic E-state index is 0.176. The molecular weight excluding hydrogens is 294 g/mol. The molecule has 0 saturated carbocycles. The quantitative estimate of drug-likeness (QED) is 0.447. The van der Waals surface area contributed by atoms with Gasteiger partial charge < -0.3 is 15.0 Å². The van der Waals surface area contributed by atoms with E-state index in [1.54, 1.807) is 4.90 Å². The number of morpholine rings is 1. The van der Waals surface area contributed by atoms with Crippen molar-refractivity contribution in [2.45, 2.75) is 50.3 Å². The third-order valence-corrected chi connectivity index (χ3v) is 6.26. The molecule has 4 fully saturated rings. The van der Waals surface area contributed by atoms with Crippen LogP contribution in [0.4, 0.5) is 0 Å². The van der Waals surface area contributed by atoms with Gasteiger partial charge in [0.15, 0.2) is 6.23 Å². The van der Waals surface area contributed by atoms with E-state index in [0.29, 0.717) is 24.3 Å². The van der Waals surface area contributed by atoms with E-state index >= 15 is 0 Å². The lowest BCUT2D eigenvalue weighted by molar-refractivity contribution is -0.896. The van der Waals surface area contributed by atoms with Crippen LogP contribution in [-0.4, -0.2) is 75.9 Å². The summed E-state index contributed by atoms with van der Waals surface area (Å²) < 4.78 is 5.50. The lowest BCUT2D eigenvalue weighted by Crippen LogP contribution is -3.12. The summed E-state index contributed by atoms with van der Waals surface area (Å²) in [5.41, 5.74) is 3.32. The van der Waals surface area contributed by atoms with E-state index in [4.69, 9.17) is 9.57 Å². The van der Waals surface area contributed by atoms with Gasteiger partial charge in [-0.2, -0.15) is 5.48 Å². The maximum absolute atomic E-state index is 5.93. The summed E-state index contributed by atoms with van der Waals surface area (Å²) in [5, 5.41) is 6.26. The number of hydrogen-bond donors (Lipinski definition) is 4. The summed E-state index contributed by atoms with van der Waals surface area (Å²) in [6.07, 6.45) is 6.18. The van der Waals surface area contributed by atoms with E-state index in [2.05, 4.69) is 28.1 Å². The summed E-state index contributed by atoms with van der Waals surface area (Å²) in [7, 11) is 2.29. The van der Waals surface area contributed by atoms with Crippen molar-refractivity contribution in [3.05, 3.63) is 0 Å². The number of nitrogens with zero attached hydrogens (tertiary/aromatic N) is 1. The normalized spacial score (nSPS) is 46.3. The van der Waals surface area contributed by atoms with E-state index in [1.165, 1.54) is 38.8 Å². The second kappa shape index (κ2) is 7.31. The molecule has 0 spiro atoms. The van der Waals surface area contributed by atoms with E-state index < -0.39 is 0 Å². The molecule has 4 heterocycles. The van der Waals surface area contributed by atoms with Crippen molar-refractivity contribution in [3.8, 4) is 0 Å². The Bertz CT molecular complexity index is 393. The van der Waals surface area contributed by atoms with Crippen LogP contribution < -0.4 is 21.0 Å². The number of hydrogen-bond acceptors (Lipinski definition) is 5. The van der Waals surface area contributed by atoms with E-state index in [0.717, 1.165) is 26.3 Å². The number of quaternary nitrogens is 2. The second-order valence-electron chi connectivity index (χ2n) is 7.67. The SMILES string of the molecule is C[NH+]1CCC[C@H]1C1NC(C2CC[NH2+]C(N3CCOCC3)C2)NO1. The Balaban J connectivity index is 1.31. The highest BCUT2D eigenvalue weighted by atomic mass is 16.7. The first-order valence-corrected chi connectivity index (χ1v) is 9.46. The molecule has 6 atom stereocenters. The number of hydroxylamine groups is 1. The van der Waals surface area contributed by atoms with Crippen molar-refractivity contribution in [2.75, 3.05) is 46.4 Å². The number of likely N-dealkylation sites (tertiary alicyclic amines) is 1. The Hall–Kier alpha value is -0.280. The predicted molar refractivity (Wildman–Crippen MR) is 85.4 cm³/mol. The van der Waals surface area contributed by atoms with E-state index in [1.807, 2.05) is 0 Å². The molecule has 4 aliphatic rings. The largest absolute Gasteiger partial charge is 0.379 e. The fourth-order valence-electron chi connectivity index (χ4n) is 4.80. The minimum Gasteiger partial charge on any atom is -0.379 e. The molecule has 4 aliphatic heterocycles. The average molecular weight is 327 g/mol. The zero-order valence-corrected chi connectivity index (χ0v) is 14.3. The van der Waals surface area contributed by atoms with Crippen molar-refractivity contribution < 1.29 is 19.8 Å². The first kappa shape index (κ1) is 16.2. The van der Waals surface area contributed by atoms with Crippen molar-refractivity contribution >= 4 is 0 Å². The van der Waals surface area contributed by atoms with Crippen molar-refractivity contribution in [1.82, 2.24) is 15.7 Å². The van der Waals surface area contributed by atoms with Crippen molar-refractivity contribution in [1.29, 1.82) is 0 Å². The Kier molecular flexibility index (Phi) is 5.15. The fraction of sp³-hybridized carbons (Fsp3) is 1.00. The van der Waals surface area contributed by atoms with Crippen molar-refractivity contribution in [3.63, 3.8) is 0 Å². The zero-order chi connectivity index (χ0) is 15.6. The highest BCUT2D eigenvalue weighted by molar-refractivity contribution is 4.84. The summed E-state index contributed by atoms with van der Waals surface area (Å²) in [5.74, 6) is 0.652. The Morgan fingerprint density at radius 2 is 2.09 bits per heavy atom. The fourth-order valence-corrected chi connectivity index (χ4v) is 4.80. The van der Waals surface area contributed by atoms with Gasteiger partial charge in [-0.15, -0.1) is 0 Å². The monoisotopic (exact) mass is 327 g/mol. The molecule has 4 rings (SSSR count). The smallest absolute Gasteiger partial charge is 0.183 e. The van der Waals surface area contributed by atoms with Crippen LogP contribution >= 0.6 is 0 Å². The van der Waals surface area contributed by atoms with Gasteiger partial charge in [0.1, 0.15) is 12.2 Å². The lowest BCUT2D eigenvalue weighted by atomic mass is 9.92. The number of ether oxygens (including phenoxy) is 1. The standard InChI is InChI=1S/C16H31N5O2/c1-20-6-2-3-13(20)16-18-15(19-23-16)12-4-5-17-14(11-12)21-7-9-22-10-8-21/h12-19H,2-11H2,1H3/p+2/t12?,13-,14?,15?,16?/m0/s1. The maximum Gasteiger partial charge on any atom is 0.183 e. The van der Waals surface area contributed by atoms with Gasteiger partial charge in [-0.1, -0.05) is 0 Å². The van der Waals surface area contributed by atoms with Gasteiger partial charge in [0, 0.05) is 44.7 Å². The van der Waals surface area contributed by atoms with Crippen LogP contribution in [0.15, 0.2) is 0 Å². The van der Waals surface area contributed by atoms with Gasteiger partial charge >= 0.3 is 0 Å². The highest BCUT2D eigenvalue weighted by Gasteiger charge is 2.43. The molecule has 7 nitrogen and oxygen atoms in total. The molecule has 0 amide bonds. The third-order valence-electron chi connectivity index (χ3n) is 6.26. The van der Waals surface area contributed by atoms with Crippen LogP contribution in [0.5, 0.6) is 0 Å². The van der Waals surface area contributed by atoms with Crippen LogP contribution in [-0.2, 0) is 9.57 Å². The minimum absolute atomic E-state index is 0.176. The molecule has 0 aromatic heterocycles. The molecule has 0 aromatic carbocycles. The second-order valence-corrected chi connectivity index (χ2v) is 7.67. The molecule has 0 aromatic rings. The van der Waals surface area contributed by atoms with Gasteiger partial charge in [-0.05, 0) is 0 Å². The van der Waals surface area contributed by atoms with Crippen LogP contribution in [0.3, 0.4) is 0 Å².